The molecule has 0 amide bonds. The number of nitrogens with zero attached hydrogens (tertiary/aromatic N) is 1. The van der Waals surface area contributed by atoms with Crippen molar-refractivity contribution in [1.29, 1.82) is 0 Å². The van der Waals surface area contributed by atoms with Gasteiger partial charge < -0.3 is 10.0 Å². The van der Waals surface area contributed by atoms with E-state index in [9.17, 15) is 5.11 Å². The van der Waals surface area contributed by atoms with Crippen LogP contribution in [0.5, 0.6) is 0 Å². The second-order valence-electron chi connectivity index (χ2n) is 5.65. The largest absolute Gasteiger partial charge is 0.366 e. The number of hydrogen-bond acceptors (Lipinski definition) is 3. The van der Waals surface area contributed by atoms with Crippen molar-refractivity contribution in [1.82, 2.24) is 4.90 Å². The van der Waals surface area contributed by atoms with E-state index in [0.717, 1.165) is 16.3 Å². The van der Waals surface area contributed by atoms with Crippen LogP contribution in [0.15, 0.2) is 60.7 Å². The molecular weight excluding hydrogens is 310 g/mol. The minimum absolute atomic E-state index is 0.134. The topological polar surface area (TPSA) is 23.5 Å². The summed E-state index contributed by atoms with van der Waals surface area (Å²) >= 11 is 7.06. The van der Waals surface area contributed by atoms with Crippen molar-refractivity contribution >= 4 is 28.3 Å². The lowest BCUT2D eigenvalue weighted by Gasteiger charge is -2.39. The molecule has 0 spiro atoms. The van der Waals surface area contributed by atoms with Crippen LogP contribution in [0.3, 0.4) is 0 Å². The van der Waals surface area contributed by atoms with Crippen LogP contribution in [-0.4, -0.2) is 26.1 Å². The molecule has 114 valence electrons. The van der Waals surface area contributed by atoms with Gasteiger partial charge in [-0.15, -0.1) is 0 Å². The first-order valence-corrected chi connectivity index (χ1v) is 8.78. The summed E-state index contributed by atoms with van der Waals surface area (Å²) in [6.45, 7) is 2.12. The van der Waals surface area contributed by atoms with Crippen LogP contribution in [0, 0.1) is 0 Å². The van der Waals surface area contributed by atoms with Crippen molar-refractivity contribution in [3.63, 3.8) is 0 Å². The molecule has 22 heavy (non-hydrogen) atoms. The van der Waals surface area contributed by atoms with E-state index in [1.165, 1.54) is 5.56 Å². The van der Waals surface area contributed by atoms with Crippen molar-refractivity contribution < 1.29 is 5.11 Å². The molecular formula is C18H19NOS2. The summed E-state index contributed by atoms with van der Waals surface area (Å²) < 4.78 is 0.773. The molecule has 1 heterocycles. The fourth-order valence-electron chi connectivity index (χ4n) is 2.97. The van der Waals surface area contributed by atoms with Crippen LogP contribution in [-0.2, 0) is 12.1 Å². The quantitative estimate of drug-likeness (QED) is 0.862. The highest BCUT2D eigenvalue weighted by atomic mass is 32.2. The number of benzene rings is 2. The fraction of sp³-hybridized carbons (Fsp3) is 0.278. The zero-order chi connectivity index (χ0) is 15.6. The van der Waals surface area contributed by atoms with Crippen molar-refractivity contribution in [2.75, 3.05) is 5.75 Å². The Balaban J connectivity index is 1.88. The summed E-state index contributed by atoms with van der Waals surface area (Å²) in [4.78, 5) is 2.00. The molecule has 4 heteroatoms. The van der Waals surface area contributed by atoms with Crippen LogP contribution in [0.4, 0.5) is 0 Å². The van der Waals surface area contributed by atoms with Gasteiger partial charge in [-0.2, -0.15) is 0 Å². The van der Waals surface area contributed by atoms with E-state index in [0.29, 0.717) is 5.75 Å². The van der Waals surface area contributed by atoms with E-state index >= 15 is 0 Å². The number of thioether (sulfide) groups is 1. The summed E-state index contributed by atoms with van der Waals surface area (Å²) in [6.07, 6.45) is 0.858. The third kappa shape index (κ3) is 2.91. The van der Waals surface area contributed by atoms with E-state index in [-0.39, 0.29) is 6.04 Å². The molecule has 0 bridgehead atoms. The van der Waals surface area contributed by atoms with Gasteiger partial charge in [0.05, 0.1) is 5.75 Å². The Labute approximate surface area is 141 Å². The standard InChI is InChI=1S/C18H19NOS2/c1-14(12-15-8-4-2-5-9-15)19-17(21)22-13-18(19,20)16-10-6-3-7-11-16/h2-11,14,20H,12-13H2,1H3. The highest BCUT2D eigenvalue weighted by Crippen LogP contribution is 2.41. The molecule has 2 unspecified atom stereocenters. The zero-order valence-electron chi connectivity index (χ0n) is 12.5. The maximum absolute atomic E-state index is 11.3. The Bertz CT molecular complexity index is 647. The maximum Gasteiger partial charge on any atom is 0.175 e. The molecule has 1 aliphatic heterocycles. The third-order valence-electron chi connectivity index (χ3n) is 4.04. The Kier molecular flexibility index (Phi) is 4.52. The highest BCUT2D eigenvalue weighted by Gasteiger charge is 2.46. The van der Waals surface area contributed by atoms with E-state index in [1.807, 2.05) is 53.4 Å². The molecule has 1 N–H and O–H groups in total. The Morgan fingerprint density at radius 1 is 1.14 bits per heavy atom. The molecule has 2 atom stereocenters. The number of rotatable bonds is 4. The molecule has 3 rings (SSSR count). The molecule has 2 aromatic rings. The molecule has 0 saturated carbocycles. The summed E-state index contributed by atoms with van der Waals surface area (Å²) in [5, 5.41) is 11.3. The fourth-order valence-corrected chi connectivity index (χ4v) is 4.58. The van der Waals surface area contributed by atoms with E-state index in [4.69, 9.17) is 12.2 Å². The van der Waals surface area contributed by atoms with Gasteiger partial charge in [0.2, 0.25) is 0 Å². The second-order valence-corrected chi connectivity index (χ2v) is 7.26. The molecule has 0 radical (unpaired) electrons. The molecule has 2 nitrogen and oxygen atoms in total. The summed E-state index contributed by atoms with van der Waals surface area (Å²) in [5.41, 5.74) is 1.14. The van der Waals surface area contributed by atoms with Gasteiger partial charge in [0.15, 0.2) is 5.72 Å². The average molecular weight is 329 g/mol. The first-order chi connectivity index (χ1) is 10.6. The van der Waals surface area contributed by atoms with E-state index in [1.54, 1.807) is 11.8 Å². The molecule has 0 aromatic heterocycles. The molecule has 1 fully saturated rings. The lowest BCUT2D eigenvalue weighted by atomic mass is 9.99. The van der Waals surface area contributed by atoms with Gasteiger partial charge in [0, 0.05) is 11.6 Å². The van der Waals surface area contributed by atoms with Crippen LogP contribution in [0.2, 0.25) is 0 Å². The highest BCUT2D eigenvalue weighted by molar-refractivity contribution is 8.23. The molecule has 0 aliphatic carbocycles. The molecule has 2 aromatic carbocycles. The van der Waals surface area contributed by atoms with Crippen LogP contribution >= 0.6 is 24.0 Å². The first-order valence-electron chi connectivity index (χ1n) is 7.39. The van der Waals surface area contributed by atoms with Gasteiger partial charge in [0.1, 0.15) is 4.32 Å². The van der Waals surface area contributed by atoms with Gasteiger partial charge in [-0.3, -0.25) is 0 Å². The summed E-state index contributed by atoms with van der Waals surface area (Å²) in [7, 11) is 0. The smallest absolute Gasteiger partial charge is 0.175 e. The predicted molar refractivity (Wildman–Crippen MR) is 96.8 cm³/mol. The SMILES string of the molecule is CC(Cc1ccccc1)N1C(=S)SCC1(O)c1ccccc1. The second kappa shape index (κ2) is 6.41. The zero-order valence-corrected chi connectivity index (χ0v) is 14.1. The van der Waals surface area contributed by atoms with Gasteiger partial charge in [-0.1, -0.05) is 84.6 Å². The number of hydrogen-bond donors (Lipinski definition) is 1. The minimum atomic E-state index is -1.02. The normalized spacial score (nSPS) is 22.8. The van der Waals surface area contributed by atoms with Crippen LogP contribution in [0.1, 0.15) is 18.1 Å². The Morgan fingerprint density at radius 2 is 1.73 bits per heavy atom. The Morgan fingerprint density at radius 3 is 2.36 bits per heavy atom. The molecule has 1 aliphatic rings. The van der Waals surface area contributed by atoms with Gasteiger partial charge in [-0.05, 0) is 18.9 Å². The van der Waals surface area contributed by atoms with Gasteiger partial charge >= 0.3 is 0 Å². The first kappa shape index (κ1) is 15.5. The number of aliphatic hydroxyl groups is 1. The van der Waals surface area contributed by atoms with E-state index < -0.39 is 5.72 Å². The van der Waals surface area contributed by atoms with Gasteiger partial charge in [-0.25, -0.2) is 0 Å². The third-order valence-corrected chi connectivity index (χ3v) is 5.58. The predicted octanol–water partition coefficient (Wildman–Crippen LogP) is 3.80. The van der Waals surface area contributed by atoms with Crippen molar-refractivity contribution in [3.8, 4) is 0 Å². The summed E-state index contributed by atoms with van der Waals surface area (Å²) in [5.74, 6) is 0.578. The maximum atomic E-state index is 11.3. The lowest BCUT2D eigenvalue weighted by molar-refractivity contribution is -0.0632. The van der Waals surface area contributed by atoms with Crippen molar-refractivity contribution in [2.24, 2.45) is 0 Å². The van der Waals surface area contributed by atoms with Crippen molar-refractivity contribution in [2.45, 2.75) is 25.1 Å². The van der Waals surface area contributed by atoms with Crippen LogP contribution < -0.4 is 0 Å². The average Bonchev–Trinajstić information content (AvgIpc) is 2.85. The van der Waals surface area contributed by atoms with E-state index in [2.05, 4.69) is 19.1 Å². The van der Waals surface area contributed by atoms with Crippen LogP contribution in [0.25, 0.3) is 0 Å². The van der Waals surface area contributed by atoms with Crippen molar-refractivity contribution in [3.05, 3.63) is 71.8 Å². The number of thiocarbonyl (C=S) groups is 1. The Hall–Kier alpha value is -1.36. The minimum Gasteiger partial charge on any atom is -0.366 e. The lowest BCUT2D eigenvalue weighted by Crippen LogP contribution is -2.49. The summed E-state index contributed by atoms with van der Waals surface area (Å²) in [6, 6.07) is 20.3. The monoisotopic (exact) mass is 329 g/mol. The van der Waals surface area contributed by atoms with Gasteiger partial charge in [0.25, 0.3) is 0 Å². The molecule has 1 saturated heterocycles.